The lowest BCUT2D eigenvalue weighted by Crippen LogP contribution is -2.22. The second kappa shape index (κ2) is 6.44. The Morgan fingerprint density at radius 2 is 1.95 bits per heavy atom. The van der Waals surface area contributed by atoms with Gasteiger partial charge in [-0.1, -0.05) is 33.1 Å². The van der Waals surface area contributed by atoms with Gasteiger partial charge in [-0.2, -0.15) is 0 Å². The fraction of sp³-hybridized carbons (Fsp3) is 0.812. The fourth-order valence-corrected chi connectivity index (χ4v) is 3.25. The normalized spacial score (nSPS) is 18.8. The smallest absolute Gasteiger partial charge is 0.203 e. The van der Waals surface area contributed by atoms with E-state index >= 15 is 0 Å². The van der Waals surface area contributed by atoms with Crippen LogP contribution in [0.2, 0.25) is 0 Å². The lowest BCUT2D eigenvalue weighted by molar-refractivity contribution is 0.355. The highest BCUT2D eigenvalue weighted by Crippen LogP contribution is 2.31. The summed E-state index contributed by atoms with van der Waals surface area (Å²) < 4.78 is 2.39. The molecule has 19 heavy (non-hydrogen) atoms. The highest BCUT2D eigenvalue weighted by atomic mass is 15.2. The molecule has 3 heteroatoms. The van der Waals surface area contributed by atoms with Crippen molar-refractivity contribution in [1.82, 2.24) is 9.55 Å². The molecular weight excluding hydrogens is 234 g/mol. The fourth-order valence-electron chi connectivity index (χ4n) is 3.25. The van der Waals surface area contributed by atoms with E-state index in [1.54, 1.807) is 0 Å². The summed E-state index contributed by atoms with van der Waals surface area (Å²) in [4.78, 5) is 4.68. The first kappa shape index (κ1) is 14.4. The van der Waals surface area contributed by atoms with Gasteiger partial charge in [-0.3, -0.25) is 0 Å². The maximum absolute atomic E-state index is 4.68. The molecule has 1 heterocycles. The molecule has 1 saturated carbocycles. The summed E-state index contributed by atoms with van der Waals surface area (Å²) in [5, 5.41) is 3.61. The monoisotopic (exact) mass is 263 g/mol. The van der Waals surface area contributed by atoms with Crippen LogP contribution < -0.4 is 5.32 Å². The van der Waals surface area contributed by atoms with Crippen LogP contribution in [0.15, 0.2) is 6.20 Å². The van der Waals surface area contributed by atoms with Crippen molar-refractivity contribution in [2.24, 2.45) is 5.92 Å². The van der Waals surface area contributed by atoms with Crippen LogP contribution >= 0.6 is 0 Å². The summed E-state index contributed by atoms with van der Waals surface area (Å²) in [6.45, 7) is 8.90. The van der Waals surface area contributed by atoms with Gasteiger partial charge < -0.3 is 9.88 Å². The molecule has 1 aliphatic carbocycles. The van der Waals surface area contributed by atoms with Gasteiger partial charge in [0.15, 0.2) is 0 Å². The highest BCUT2D eigenvalue weighted by Gasteiger charge is 2.19. The minimum absolute atomic E-state index is 0.490. The van der Waals surface area contributed by atoms with Crippen LogP contribution in [0.1, 0.15) is 71.0 Å². The summed E-state index contributed by atoms with van der Waals surface area (Å²) in [6.07, 6.45) is 10.2. The molecule has 0 amide bonds. The quantitative estimate of drug-likeness (QED) is 0.845. The Labute approximate surface area is 117 Å². The van der Waals surface area contributed by atoms with E-state index in [1.807, 2.05) is 0 Å². The SMILES string of the molecule is Cc1cn(C2CCCCC2)c(NC(C)CC(C)C)n1. The Morgan fingerprint density at radius 3 is 2.58 bits per heavy atom. The first-order valence-electron chi connectivity index (χ1n) is 7.88. The molecule has 1 unspecified atom stereocenters. The summed E-state index contributed by atoms with van der Waals surface area (Å²) in [5.41, 5.74) is 1.13. The molecule has 0 bridgehead atoms. The minimum atomic E-state index is 0.490. The molecule has 1 aromatic heterocycles. The van der Waals surface area contributed by atoms with Gasteiger partial charge in [0.1, 0.15) is 0 Å². The van der Waals surface area contributed by atoms with E-state index in [9.17, 15) is 0 Å². The molecular formula is C16H29N3. The van der Waals surface area contributed by atoms with Crippen LogP contribution in [-0.2, 0) is 0 Å². The average Bonchev–Trinajstić information content (AvgIpc) is 2.70. The third-order valence-electron chi connectivity index (χ3n) is 4.02. The van der Waals surface area contributed by atoms with E-state index in [-0.39, 0.29) is 0 Å². The zero-order valence-corrected chi connectivity index (χ0v) is 12.9. The van der Waals surface area contributed by atoms with Crippen LogP contribution in [0.25, 0.3) is 0 Å². The number of nitrogens with zero attached hydrogens (tertiary/aromatic N) is 2. The lowest BCUT2D eigenvalue weighted by Gasteiger charge is -2.26. The summed E-state index contributed by atoms with van der Waals surface area (Å²) >= 11 is 0. The Kier molecular flexibility index (Phi) is 4.89. The minimum Gasteiger partial charge on any atom is -0.353 e. The van der Waals surface area contributed by atoms with Crippen LogP contribution in [0.5, 0.6) is 0 Å². The first-order chi connectivity index (χ1) is 9.06. The van der Waals surface area contributed by atoms with E-state index < -0.39 is 0 Å². The van der Waals surface area contributed by atoms with Crippen LogP contribution in [0.4, 0.5) is 5.95 Å². The van der Waals surface area contributed by atoms with E-state index in [1.165, 1.54) is 38.5 Å². The topological polar surface area (TPSA) is 29.9 Å². The van der Waals surface area contributed by atoms with Gasteiger partial charge in [-0.25, -0.2) is 4.98 Å². The van der Waals surface area contributed by atoms with Crippen molar-refractivity contribution in [3.05, 3.63) is 11.9 Å². The van der Waals surface area contributed by atoms with Crippen molar-refractivity contribution in [1.29, 1.82) is 0 Å². The summed E-state index contributed by atoms with van der Waals surface area (Å²) in [5.74, 6) is 1.80. The number of anilines is 1. The number of hydrogen-bond donors (Lipinski definition) is 1. The van der Waals surface area contributed by atoms with E-state index in [4.69, 9.17) is 0 Å². The maximum atomic E-state index is 4.68. The van der Waals surface area contributed by atoms with Gasteiger partial charge in [0.25, 0.3) is 0 Å². The van der Waals surface area contributed by atoms with Gasteiger partial charge in [-0.05, 0) is 39.0 Å². The van der Waals surface area contributed by atoms with Gasteiger partial charge in [0.2, 0.25) is 5.95 Å². The third kappa shape index (κ3) is 3.99. The molecule has 0 aliphatic heterocycles. The number of aryl methyl sites for hydroxylation is 1. The van der Waals surface area contributed by atoms with E-state index in [0.29, 0.717) is 12.1 Å². The molecule has 0 saturated heterocycles. The Bertz CT molecular complexity index is 389. The molecule has 2 rings (SSSR count). The Morgan fingerprint density at radius 1 is 1.26 bits per heavy atom. The molecule has 0 spiro atoms. The predicted octanol–water partition coefficient (Wildman–Crippen LogP) is 4.54. The van der Waals surface area contributed by atoms with Crippen molar-refractivity contribution in [2.45, 2.75) is 78.3 Å². The molecule has 1 aliphatic rings. The molecule has 1 N–H and O–H groups in total. The Balaban J connectivity index is 2.06. The zero-order valence-electron chi connectivity index (χ0n) is 12.9. The molecule has 1 aromatic rings. The standard InChI is InChI=1S/C16H29N3/c1-12(2)10-13(3)17-16-18-14(4)11-19(16)15-8-6-5-7-9-15/h11-13,15H,5-10H2,1-4H3,(H,17,18). The van der Waals surface area contributed by atoms with Crippen molar-refractivity contribution in [3.8, 4) is 0 Å². The van der Waals surface area contributed by atoms with E-state index in [0.717, 1.165) is 17.6 Å². The summed E-state index contributed by atoms with van der Waals surface area (Å²) in [7, 11) is 0. The molecule has 1 atom stereocenters. The van der Waals surface area contributed by atoms with Gasteiger partial charge in [-0.15, -0.1) is 0 Å². The van der Waals surface area contributed by atoms with Gasteiger partial charge >= 0.3 is 0 Å². The van der Waals surface area contributed by atoms with Crippen molar-refractivity contribution in [3.63, 3.8) is 0 Å². The first-order valence-corrected chi connectivity index (χ1v) is 7.88. The Hall–Kier alpha value is -0.990. The van der Waals surface area contributed by atoms with Gasteiger partial charge in [0.05, 0.1) is 5.69 Å². The van der Waals surface area contributed by atoms with Crippen LogP contribution in [-0.4, -0.2) is 15.6 Å². The van der Waals surface area contributed by atoms with Gasteiger partial charge in [0, 0.05) is 18.3 Å². The van der Waals surface area contributed by atoms with Crippen molar-refractivity contribution < 1.29 is 0 Å². The number of hydrogen-bond acceptors (Lipinski definition) is 2. The van der Waals surface area contributed by atoms with Crippen molar-refractivity contribution >= 4 is 5.95 Å². The molecule has 0 aromatic carbocycles. The second-order valence-electron chi connectivity index (χ2n) is 6.58. The molecule has 1 fully saturated rings. The summed E-state index contributed by atoms with van der Waals surface area (Å²) in [6, 6.07) is 1.15. The third-order valence-corrected chi connectivity index (χ3v) is 4.02. The van der Waals surface area contributed by atoms with Crippen LogP contribution in [0, 0.1) is 12.8 Å². The number of nitrogens with one attached hydrogen (secondary N) is 1. The van der Waals surface area contributed by atoms with E-state index in [2.05, 4.69) is 48.8 Å². The maximum Gasteiger partial charge on any atom is 0.203 e. The number of aromatic nitrogens is 2. The lowest BCUT2D eigenvalue weighted by atomic mass is 9.95. The highest BCUT2D eigenvalue weighted by molar-refractivity contribution is 5.31. The predicted molar refractivity (Wildman–Crippen MR) is 81.6 cm³/mol. The van der Waals surface area contributed by atoms with Crippen molar-refractivity contribution in [2.75, 3.05) is 5.32 Å². The molecule has 108 valence electrons. The second-order valence-corrected chi connectivity index (χ2v) is 6.58. The zero-order chi connectivity index (χ0) is 13.8. The average molecular weight is 263 g/mol. The molecule has 3 nitrogen and oxygen atoms in total. The van der Waals surface area contributed by atoms with Crippen LogP contribution in [0.3, 0.4) is 0 Å². The largest absolute Gasteiger partial charge is 0.353 e. The number of rotatable bonds is 5. The number of imidazole rings is 1. The molecule has 0 radical (unpaired) electrons.